The van der Waals surface area contributed by atoms with E-state index < -0.39 is 12.2 Å². The molecule has 6 heteroatoms. The number of ether oxygens (including phenoxy) is 2. The van der Waals surface area contributed by atoms with Crippen molar-refractivity contribution in [2.45, 2.75) is 132 Å². The first-order chi connectivity index (χ1) is 18.7. The maximum absolute atomic E-state index is 13.2. The first-order valence-electron chi connectivity index (χ1n) is 15.7. The van der Waals surface area contributed by atoms with E-state index >= 15 is 0 Å². The van der Waals surface area contributed by atoms with Crippen molar-refractivity contribution in [2.24, 2.45) is 39.9 Å². The fourth-order valence-corrected chi connectivity index (χ4v) is 9.90. The molecule has 4 fully saturated rings. The van der Waals surface area contributed by atoms with E-state index in [4.69, 9.17) is 9.47 Å². The maximum Gasteiger partial charge on any atom is 0.333 e. The van der Waals surface area contributed by atoms with Crippen LogP contribution in [0, 0.1) is 39.9 Å². The van der Waals surface area contributed by atoms with Gasteiger partial charge >= 0.3 is 11.9 Å². The molecule has 228 valence electrons. The number of esters is 2. The van der Waals surface area contributed by atoms with E-state index in [9.17, 15) is 19.8 Å². The Bertz CT molecular complexity index is 1010. The maximum atomic E-state index is 13.2. The number of methoxy groups -OCH3 is 1. The van der Waals surface area contributed by atoms with Crippen molar-refractivity contribution in [3.63, 3.8) is 0 Å². The van der Waals surface area contributed by atoms with Gasteiger partial charge in [0, 0.05) is 12.5 Å². The zero-order valence-electron chi connectivity index (χ0n) is 26.8. The Labute approximate surface area is 243 Å². The van der Waals surface area contributed by atoms with E-state index in [0.29, 0.717) is 37.2 Å². The Kier molecular flexibility index (Phi) is 10.1. The molecule has 6 nitrogen and oxygen atoms in total. The lowest BCUT2D eigenvalue weighted by molar-refractivity contribution is -0.234. The number of carbonyl (C=O) groups excluding carboxylic acids is 2. The largest absolute Gasteiger partial charge is 0.466 e. The molecule has 2 N–H and O–H groups in total. The van der Waals surface area contributed by atoms with Crippen LogP contribution in [0.4, 0.5) is 0 Å². The third kappa shape index (κ3) is 5.32. The summed E-state index contributed by atoms with van der Waals surface area (Å²) in [5, 5.41) is 22.7. The van der Waals surface area contributed by atoms with Crippen LogP contribution in [0.2, 0.25) is 0 Å². The van der Waals surface area contributed by atoms with Crippen LogP contribution in [0.1, 0.15) is 114 Å². The Hall–Kier alpha value is -1.66. The molecule has 0 aromatic rings. The van der Waals surface area contributed by atoms with Gasteiger partial charge in [0.15, 0.2) is 0 Å². The van der Waals surface area contributed by atoms with E-state index in [-0.39, 0.29) is 52.0 Å². The molecule has 0 aliphatic heterocycles. The van der Waals surface area contributed by atoms with Gasteiger partial charge in [-0.25, -0.2) is 4.79 Å². The number of hydrogen-bond acceptors (Lipinski definition) is 6. The second kappa shape index (κ2) is 12.3. The first-order valence-corrected chi connectivity index (χ1v) is 15.7. The van der Waals surface area contributed by atoms with Gasteiger partial charge in [-0.15, -0.1) is 0 Å². The minimum atomic E-state index is -0.531. The van der Waals surface area contributed by atoms with Gasteiger partial charge in [0.2, 0.25) is 0 Å². The third-order valence-corrected chi connectivity index (χ3v) is 11.7. The number of rotatable bonds is 5. The molecule has 0 radical (unpaired) electrons. The summed E-state index contributed by atoms with van der Waals surface area (Å²) in [6, 6.07) is 0. The molecule has 0 saturated heterocycles. The lowest BCUT2D eigenvalue weighted by atomic mass is 9.36. The molecule has 40 heavy (non-hydrogen) atoms. The van der Waals surface area contributed by atoms with Gasteiger partial charge in [-0.1, -0.05) is 53.2 Å². The quantitative estimate of drug-likeness (QED) is 0.219. The monoisotopic (exact) mass is 560 g/mol. The summed E-state index contributed by atoms with van der Waals surface area (Å²) in [5.41, 5.74) is 2.13. The van der Waals surface area contributed by atoms with Gasteiger partial charge in [-0.05, 0) is 111 Å². The highest BCUT2D eigenvalue weighted by Crippen LogP contribution is 2.74. The van der Waals surface area contributed by atoms with Crippen molar-refractivity contribution in [3.8, 4) is 0 Å². The summed E-state index contributed by atoms with van der Waals surface area (Å²) in [7, 11) is 1.41. The lowest BCUT2D eigenvalue weighted by Crippen LogP contribution is -2.65. The Morgan fingerprint density at radius 3 is 2.23 bits per heavy atom. The van der Waals surface area contributed by atoms with Crippen LogP contribution in [-0.2, 0) is 19.1 Å². The first kappa shape index (κ1) is 32.8. The molecule has 4 aliphatic rings. The molecular formula is C34H56O6. The van der Waals surface area contributed by atoms with Gasteiger partial charge in [-0.3, -0.25) is 4.79 Å². The van der Waals surface area contributed by atoms with Gasteiger partial charge < -0.3 is 19.7 Å². The van der Waals surface area contributed by atoms with Crippen LogP contribution in [0.3, 0.4) is 0 Å². The van der Waals surface area contributed by atoms with Gasteiger partial charge in [0.1, 0.15) is 6.10 Å². The molecule has 0 spiro atoms. The average molecular weight is 561 g/mol. The fraction of sp³-hybridized carbons (Fsp3) is 0.824. The van der Waals surface area contributed by atoms with E-state index in [1.807, 2.05) is 27.7 Å². The molecule has 4 rings (SSSR count). The molecule has 0 aromatic heterocycles. The van der Waals surface area contributed by atoms with Crippen LogP contribution in [0.25, 0.3) is 0 Å². The molecule has 4 saturated carbocycles. The molecule has 10 atom stereocenters. The number of carbonyl (C=O) groups is 2. The zero-order valence-corrected chi connectivity index (χ0v) is 26.8. The van der Waals surface area contributed by atoms with Crippen molar-refractivity contribution >= 4 is 11.9 Å². The Morgan fingerprint density at radius 1 is 1.00 bits per heavy atom. The standard InChI is InChI=1S/C32H50O6.C2H6/c1-18(2)10-9-11-21(29(36)37-8)27-23-16-25(35)28-30(5)14-13-24(34)19(3)22(30)12-15-31(28,6)32(23,7)17-26(27)38-20(4)33;1-2/h10,19,22-26,28,34-35H,9,11-17H2,1-8H3;1-2H3/b27-21-;. The van der Waals surface area contributed by atoms with Crippen molar-refractivity contribution < 1.29 is 29.3 Å². The van der Waals surface area contributed by atoms with Gasteiger partial charge in [0.05, 0.1) is 19.3 Å². The van der Waals surface area contributed by atoms with E-state index in [2.05, 4.69) is 33.8 Å². The molecule has 4 aliphatic carbocycles. The number of aliphatic hydroxyl groups excluding tert-OH is 2. The number of hydrogen-bond donors (Lipinski definition) is 2. The van der Waals surface area contributed by atoms with Crippen molar-refractivity contribution in [1.29, 1.82) is 0 Å². The van der Waals surface area contributed by atoms with Crippen molar-refractivity contribution in [3.05, 3.63) is 22.8 Å². The SMILES string of the molecule is CC.COC(=O)/C(CCC=C(C)C)=C1\C(OC(C)=O)CC2(C)C1CC(O)C1C3(C)CCC(O)C(C)C3CCC12C. The number of fused-ring (bicyclic) bond motifs is 5. The normalized spacial score (nSPS) is 43.1. The van der Waals surface area contributed by atoms with Crippen LogP contribution in [-0.4, -0.2) is 47.6 Å². The summed E-state index contributed by atoms with van der Waals surface area (Å²) in [5.74, 6) is -0.128. The van der Waals surface area contributed by atoms with Crippen LogP contribution in [0.15, 0.2) is 22.8 Å². The van der Waals surface area contributed by atoms with E-state index in [1.165, 1.54) is 19.6 Å². The molecule has 0 heterocycles. The smallest absolute Gasteiger partial charge is 0.333 e. The molecular weight excluding hydrogens is 504 g/mol. The minimum Gasteiger partial charge on any atom is -0.466 e. The summed E-state index contributed by atoms with van der Waals surface area (Å²) < 4.78 is 11.2. The lowest BCUT2D eigenvalue weighted by Gasteiger charge is -2.69. The fourth-order valence-electron chi connectivity index (χ4n) is 9.90. The summed E-state index contributed by atoms with van der Waals surface area (Å²) in [4.78, 5) is 25.5. The average Bonchev–Trinajstić information content (AvgIpc) is 3.16. The zero-order chi connectivity index (χ0) is 30.2. The molecule has 0 aromatic carbocycles. The highest BCUT2D eigenvalue weighted by molar-refractivity contribution is 5.90. The van der Waals surface area contributed by atoms with Crippen molar-refractivity contribution in [1.82, 2.24) is 0 Å². The molecule has 0 bridgehead atoms. The second-order valence-corrected chi connectivity index (χ2v) is 13.8. The summed E-state index contributed by atoms with van der Waals surface area (Å²) in [6.45, 7) is 18.7. The number of allylic oxidation sites excluding steroid dienone is 2. The topological polar surface area (TPSA) is 93.1 Å². The van der Waals surface area contributed by atoms with Crippen LogP contribution < -0.4 is 0 Å². The molecule has 0 amide bonds. The van der Waals surface area contributed by atoms with E-state index in [0.717, 1.165) is 31.3 Å². The Balaban J connectivity index is 0.00000216. The van der Waals surface area contributed by atoms with Crippen LogP contribution in [0.5, 0.6) is 0 Å². The second-order valence-electron chi connectivity index (χ2n) is 13.8. The predicted octanol–water partition coefficient (Wildman–Crippen LogP) is 6.78. The summed E-state index contributed by atoms with van der Waals surface area (Å²) in [6.07, 6.45) is 6.87. The van der Waals surface area contributed by atoms with Crippen LogP contribution >= 0.6 is 0 Å². The highest BCUT2D eigenvalue weighted by atomic mass is 16.5. The van der Waals surface area contributed by atoms with Gasteiger partial charge in [-0.2, -0.15) is 0 Å². The highest BCUT2D eigenvalue weighted by Gasteiger charge is 2.70. The summed E-state index contributed by atoms with van der Waals surface area (Å²) >= 11 is 0. The Morgan fingerprint density at radius 2 is 1.65 bits per heavy atom. The van der Waals surface area contributed by atoms with E-state index in [1.54, 1.807) is 0 Å². The number of aliphatic hydroxyl groups is 2. The minimum absolute atomic E-state index is 0.0724. The van der Waals surface area contributed by atoms with Gasteiger partial charge in [0.25, 0.3) is 0 Å². The third-order valence-electron chi connectivity index (χ3n) is 11.7. The van der Waals surface area contributed by atoms with Crippen molar-refractivity contribution in [2.75, 3.05) is 7.11 Å². The predicted molar refractivity (Wildman–Crippen MR) is 158 cm³/mol. The molecule has 10 unspecified atom stereocenters.